The summed E-state index contributed by atoms with van der Waals surface area (Å²) in [4.78, 5) is 31.9. The molecule has 42 heavy (non-hydrogen) atoms. The molecule has 1 saturated heterocycles. The molecule has 0 aliphatic carbocycles. The van der Waals surface area contributed by atoms with Gasteiger partial charge in [0.25, 0.3) is 5.56 Å². The number of rotatable bonds is 12. The molecule has 5 rings (SSSR count). The second-order valence-electron chi connectivity index (χ2n) is 10.1. The zero-order valence-electron chi connectivity index (χ0n) is 24.4. The molecule has 0 aromatic carbocycles. The van der Waals surface area contributed by atoms with Crippen molar-refractivity contribution in [2.75, 3.05) is 53.0 Å². The summed E-state index contributed by atoms with van der Waals surface area (Å²) >= 11 is 0. The fraction of sp³-hybridized carbons (Fsp3) is 0.519. The Kier molecular flexibility index (Phi) is 9.01. The van der Waals surface area contributed by atoms with E-state index in [4.69, 9.17) is 14.5 Å². The number of aryl methyl sites for hydroxylation is 2. The molecule has 15 heteroatoms. The van der Waals surface area contributed by atoms with Crippen molar-refractivity contribution in [2.45, 2.75) is 38.1 Å². The van der Waals surface area contributed by atoms with Crippen LogP contribution in [0.3, 0.4) is 0 Å². The van der Waals surface area contributed by atoms with Gasteiger partial charge in [0.2, 0.25) is 15.9 Å². The average molecular weight is 600 g/mol. The highest BCUT2D eigenvalue weighted by molar-refractivity contribution is 7.89. The van der Waals surface area contributed by atoms with Crippen LogP contribution < -0.4 is 10.3 Å². The summed E-state index contributed by atoms with van der Waals surface area (Å²) in [5.74, 6) is 1.07. The van der Waals surface area contributed by atoms with Gasteiger partial charge in [0, 0.05) is 52.7 Å². The number of likely N-dealkylation sites (N-methyl/N-ethyl adjacent to an activating group) is 1. The molecule has 1 fully saturated rings. The van der Waals surface area contributed by atoms with E-state index in [2.05, 4.69) is 31.9 Å². The van der Waals surface area contributed by atoms with Gasteiger partial charge in [0.15, 0.2) is 5.52 Å². The van der Waals surface area contributed by atoms with Gasteiger partial charge >= 0.3 is 0 Å². The number of H-pyrrole nitrogens is 1. The van der Waals surface area contributed by atoms with Crippen LogP contribution in [-0.2, 0) is 34.8 Å². The lowest BCUT2D eigenvalue weighted by Gasteiger charge is -2.33. The Labute approximate surface area is 244 Å². The quantitative estimate of drug-likeness (QED) is 0.236. The normalized spacial score (nSPS) is 15.0. The van der Waals surface area contributed by atoms with Crippen molar-refractivity contribution in [3.8, 4) is 17.3 Å². The van der Waals surface area contributed by atoms with E-state index < -0.39 is 15.6 Å². The Hall–Kier alpha value is -3.66. The van der Waals surface area contributed by atoms with Crippen LogP contribution >= 0.6 is 0 Å². The van der Waals surface area contributed by atoms with E-state index in [1.54, 1.807) is 18.0 Å². The number of nitrogens with zero attached hydrogens (tertiary/aromatic N) is 8. The lowest BCUT2D eigenvalue weighted by atomic mass is 10.2. The standard InChI is InChI=1S/C27H37N9O5S/c1-5-7-21-23-24(32-36(21)18-22-28-8-9-33(22)3)26(37)31-25(30-23)20-16-19(17-29-27(20)41-15-14-40-4)42(38,39)35-12-10-34(6-2)11-13-35/h8-9,16-17H,5-7,10-15,18H2,1-4H3,(H,30,31,37). The van der Waals surface area contributed by atoms with Gasteiger partial charge < -0.3 is 23.9 Å². The number of aromatic nitrogens is 7. The molecule has 1 aliphatic heterocycles. The van der Waals surface area contributed by atoms with E-state index in [0.717, 1.165) is 24.5 Å². The molecule has 5 heterocycles. The van der Waals surface area contributed by atoms with Gasteiger partial charge in [-0.2, -0.15) is 9.40 Å². The first-order chi connectivity index (χ1) is 20.3. The first-order valence-corrected chi connectivity index (χ1v) is 15.5. The van der Waals surface area contributed by atoms with Crippen LogP contribution in [0, 0.1) is 0 Å². The van der Waals surface area contributed by atoms with E-state index in [9.17, 15) is 13.2 Å². The maximum atomic E-state index is 13.6. The second kappa shape index (κ2) is 12.7. The molecule has 226 valence electrons. The fourth-order valence-corrected chi connectivity index (χ4v) is 6.40. The van der Waals surface area contributed by atoms with E-state index in [1.165, 1.54) is 16.6 Å². The van der Waals surface area contributed by atoms with Crippen molar-refractivity contribution in [3.05, 3.63) is 46.5 Å². The van der Waals surface area contributed by atoms with E-state index in [0.29, 0.717) is 51.3 Å². The Balaban J connectivity index is 1.60. The number of piperazine rings is 1. The summed E-state index contributed by atoms with van der Waals surface area (Å²) in [5, 5.41) is 4.58. The van der Waals surface area contributed by atoms with Gasteiger partial charge in [0.05, 0.1) is 30.6 Å². The van der Waals surface area contributed by atoms with Gasteiger partial charge in [-0.1, -0.05) is 20.3 Å². The predicted molar refractivity (Wildman–Crippen MR) is 156 cm³/mol. The highest BCUT2D eigenvalue weighted by Crippen LogP contribution is 2.30. The lowest BCUT2D eigenvalue weighted by Crippen LogP contribution is -2.48. The van der Waals surface area contributed by atoms with Gasteiger partial charge in [-0.3, -0.25) is 9.48 Å². The molecule has 0 saturated carbocycles. The van der Waals surface area contributed by atoms with Crippen molar-refractivity contribution in [1.82, 2.24) is 43.5 Å². The highest BCUT2D eigenvalue weighted by atomic mass is 32.2. The van der Waals surface area contributed by atoms with Crippen LogP contribution in [0.2, 0.25) is 0 Å². The average Bonchev–Trinajstić information content (AvgIpc) is 3.56. The monoisotopic (exact) mass is 599 g/mol. The molecule has 0 radical (unpaired) electrons. The zero-order valence-corrected chi connectivity index (χ0v) is 25.2. The lowest BCUT2D eigenvalue weighted by molar-refractivity contribution is 0.144. The molecule has 0 atom stereocenters. The van der Waals surface area contributed by atoms with Crippen molar-refractivity contribution in [3.63, 3.8) is 0 Å². The Bertz CT molecular complexity index is 1700. The first-order valence-electron chi connectivity index (χ1n) is 14.1. The zero-order chi connectivity index (χ0) is 29.9. The van der Waals surface area contributed by atoms with Crippen LogP contribution in [-0.4, -0.2) is 105 Å². The number of sulfonamides is 1. The number of aromatic amines is 1. The summed E-state index contributed by atoms with van der Waals surface area (Å²) in [5.41, 5.74) is 1.24. The summed E-state index contributed by atoms with van der Waals surface area (Å²) < 4.78 is 43.3. The SMILES string of the molecule is CCCc1c2nc(-c3cc(S(=O)(=O)N4CCN(CC)CC4)cnc3OCCOC)[nH]c(=O)c2nn1Cc1nccn1C. The van der Waals surface area contributed by atoms with Crippen LogP contribution in [0.1, 0.15) is 31.8 Å². The van der Waals surface area contributed by atoms with Crippen LogP contribution in [0.5, 0.6) is 5.88 Å². The minimum atomic E-state index is -3.85. The van der Waals surface area contributed by atoms with Crippen molar-refractivity contribution in [1.29, 1.82) is 0 Å². The minimum absolute atomic E-state index is 0.00328. The molecule has 0 amide bonds. The number of hydrogen-bond acceptors (Lipinski definition) is 10. The van der Waals surface area contributed by atoms with Crippen molar-refractivity contribution in [2.24, 2.45) is 7.05 Å². The molecule has 0 bridgehead atoms. The van der Waals surface area contributed by atoms with Gasteiger partial charge in [-0.25, -0.2) is 23.4 Å². The smallest absolute Gasteiger partial charge is 0.279 e. The van der Waals surface area contributed by atoms with Gasteiger partial charge in [-0.05, 0) is 19.0 Å². The third-order valence-corrected chi connectivity index (χ3v) is 9.29. The molecule has 0 spiro atoms. The molecule has 4 aromatic rings. The third kappa shape index (κ3) is 5.95. The molecular formula is C27H37N9O5S. The number of pyridine rings is 1. The third-order valence-electron chi connectivity index (χ3n) is 7.42. The number of fused-ring (bicyclic) bond motifs is 1. The molecule has 14 nitrogen and oxygen atoms in total. The number of methoxy groups -OCH3 is 1. The van der Waals surface area contributed by atoms with Crippen LogP contribution in [0.25, 0.3) is 22.4 Å². The molecular weight excluding hydrogens is 562 g/mol. The van der Waals surface area contributed by atoms with Crippen LogP contribution in [0.15, 0.2) is 34.3 Å². The summed E-state index contributed by atoms with van der Waals surface area (Å²) in [6, 6.07) is 1.47. The van der Waals surface area contributed by atoms with Crippen LogP contribution in [0.4, 0.5) is 0 Å². The minimum Gasteiger partial charge on any atom is -0.475 e. The second-order valence-corrected chi connectivity index (χ2v) is 12.1. The summed E-state index contributed by atoms with van der Waals surface area (Å²) in [7, 11) is -0.394. The maximum Gasteiger partial charge on any atom is 0.279 e. The number of hydrogen-bond donors (Lipinski definition) is 1. The molecule has 1 aliphatic rings. The van der Waals surface area contributed by atoms with Crippen molar-refractivity contribution < 1.29 is 17.9 Å². The Morgan fingerprint density at radius 2 is 1.86 bits per heavy atom. The highest BCUT2D eigenvalue weighted by Gasteiger charge is 2.30. The fourth-order valence-electron chi connectivity index (χ4n) is 5.01. The molecule has 4 aromatic heterocycles. The Morgan fingerprint density at radius 1 is 1.07 bits per heavy atom. The van der Waals surface area contributed by atoms with Gasteiger partial charge in [0.1, 0.15) is 28.7 Å². The predicted octanol–water partition coefficient (Wildman–Crippen LogP) is 1.27. The first kappa shape index (κ1) is 29.8. The number of ether oxygens (including phenoxy) is 2. The van der Waals surface area contributed by atoms with E-state index in [1.807, 2.05) is 24.7 Å². The topological polar surface area (TPSA) is 153 Å². The summed E-state index contributed by atoms with van der Waals surface area (Å²) in [6.07, 6.45) is 6.28. The number of nitrogens with one attached hydrogen (secondary N) is 1. The molecule has 1 N–H and O–H groups in total. The molecule has 0 unspecified atom stereocenters. The van der Waals surface area contributed by atoms with Crippen molar-refractivity contribution >= 4 is 21.1 Å². The van der Waals surface area contributed by atoms with E-state index in [-0.39, 0.29) is 34.3 Å². The number of imidazole rings is 1. The maximum absolute atomic E-state index is 13.6. The van der Waals surface area contributed by atoms with E-state index >= 15 is 0 Å². The largest absolute Gasteiger partial charge is 0.475 e. The van der Waals surface area contributed by atoms with Gasteiger partial charge in [-0.15, -0.1) is 0 Å². The summed E-state index contributed by atoms with van der Waals surface area (Å²) in [6.45, 7) is 7.89. The Morgan fingerprint density at radius 3 is 2.52 bits per heavy atom.